The first-order valence-corrected chi connectivity index (χ1v) is 6.25. The van der Waals surface area contributed by atoms with Crippen molar-refractivity contribution in [1.82, 2.24) is 14.8 Å². The van der Waals surface area contributed by atoms with Crippen LogP contribution in [0, 0.1) is 18.3 Å². The van der Waals surface area contributed by atoms with Gasteiger partial charge in [-0.05, 0) is 6.92 Å². The molecule has 0 radical (unpaired) electrons. The van der Waals surface area contributed by atoms with Crippen LogP contribution in [0.2, 0.25) is 0 Å². The second kappa shape index (κ2) is 3.86. The minimum absolute atomic E-state index is 0.362. The molecule has 1 aliphatic heterocycles. The highest BCUT2D eigenvalue weighted by atomic mass is 32.1. The van der Waals surface area contributed by atoms with Crippen LogP contribution in [0.25, 0.3) is 0 Å². The Hall–Kier alpha value is -1.87. The van der Waals surface area contributed by atoms with E-state index in [0.717, 1.165) is 23.9 Å². The molecule has 0 bridgehead atoms. The van der Waals surface area contributed by atoms with Crippen molar-refractivity contribution in [3.8, 4) is 6.07 Å². The van der Waals surface area contributed by atoms with E-state index in [1.165, 1.54) is 0 Å². The predicted molar refractivity (Wildman–Crippen MR) is 65.0 cm³/mol. The molecule has 3 heterocycles. The van der Waals surface area contributed by atoms with Crippen LogP contribution in [0.1, 0.15) is 17.3 Å². The Morgan fingerprint density at radius 3 is 2.94 bits per heavy atom. The van der Waals surface area contributed by atoms with E-state index in [2.05, 4.69) is 26.4 Å². The van der Waals surface area contributed by atoms with Crippen molar-refractivity contribution in [1.29, 1.82) is 5.26 Å². The van der Waals surface area contributed by atoms with E-state index in [-0.39, 0.29) is 0 Å². The zero-order valence-electron chi connectivity index (χ0n) is 9.37. The average molecular weight is 245 g/mol. The molecule has 0 N–H and O–H groups in total. The summed E-state index contributed by atoms with van der Waals surface area (Å²) in [5.41, 5.74) is 1.69. The fraction of sp³-hybridized carbons (Fsp3) is 0.364. The zero-order chi connectivity index (χ0) is 11.8. The van der Waals surface area contributed by atoms with Crippen LogP contribution in [0.4, 0.5) is 5.13 Å². The summed E-state index contributed by atoms with van der Waals surface area (Å²) in [5.74, 6) is 0. The molecule has 17 heavy (non-hydrogen) atoms. The Morgan fingerprint density at radius 1 is 1.53 bits per heavy atom. The first-order chi connectivity index (χ1) is 8.26. The molecule has 1 fully saturated rings. The molecule has 1 saturated heterocycles. The van der Waals surface area contributed by atoms with Crippen LogP contribution in [-0.4, -0.2) is 27.9 Å². The highest BCUT2D eigenvalue weighted by Gasteiger charge is 2.30. The van der Waals surface area contributed by atoms with E-state index in [4.69, 9.17) is 5.26 Å². The van der Waals surface area contributed by atoms with Gasteiger partial charge in [-0.1, -0.05) is 0 Å². The number of nitriles is 1. The Balaban J connectivity index is 1.67. The largest absolute Gasteiger partial charge is 0.344 e. The lowest BCUT2D eigenvalue weighted by atomic mass is 10.1. The molecule has 0 aliphatic carbocycles. The van der Waals surface area contributed by atoms with Gasteiger partial charge in [0, 0.05) is 24.7 Å². The first-order valence-electron chi connectivity index (χ1n) is 5.37. The maximum Gasteiger partial charge on any atom is 0.185 e. The van der Waals surface area contributed by atoms with E-state index in [1.54, 1.807) is 23.7 Å². The van der Waals surface area contributed by atoms with Crippen molar-refractivity contribution in [3.05, 3.63) is 29.0 Å². The van der Waals surface area contributed by atoms with Gasteiger partial charge in [0.05, 0.1) is 23.5 Å². The zero-order valence-corrected chi connectivity index (χ0v) is 10.2. The second-order valence-electron chi connectivity index (χ2n) is 4.15. The maximum atomic E-state index is 8.73. The highest BCUT2D eigenvalue weighted by molar-refractivity contribution is 7.13. The molecular weight excluding hydrogens is 234 g/mol. The smallest absolute Gasteiger partial charge is 0.185 e. The fourth-order valence-electron chi connectivity index (χ4n) is 1.86. The molecule has 0 spiro atoms. The van der Waals surface area contributed by atoms with E-state index in [1.807, 2.05) is 11.6 Å². The Labute approximate surface area is 103 Å². The van der Waals surface area contributed by atoms with Crippen LogP contribution in [0.15, 0.2) is 17.8 Å². The molecular formula is C11H11N5S. The second-order valence-corrected chi connectivity index (χ2v) is 4.99. The Bertz CT molecular complexity index is 573. The third-order valence-corrected chi connectivity index (χ3v) is 3.86. The fourth-order valence-corrected chi connectivity index (χ4v) is 2.68. The summed E-state index contributed by atoms with van der Waals surface area (Å²) in [7, 11) is 0. The number of hydrogen-bond donors (Lipinski definition) is 0. The van der Waals surface area contributed by atoms with E-state index < -0.39 is 0 Å². The van der Waals surface area contributed by atoms with Gasteiger partial charge in [-0.2, -0.15) is 10.4 Å². The number of thiazole rings is 1. The third kappa shape index (κ3) is 1.78. The first kappa shape index (κ1) is 10.3. The topological polar surface area (TPSA) is 57.7 Å². The average Bonchev–Trinajstić information content (AvgIpc) is 2.86. The standard InChI is InChI=1S/C11H11N5S/c1-8-7-17-11(14-8)15-5-10(6-15)16-4-9(2-12)3-13-16/h3-4,7,10H,5-6H2,1H3. The van der Waals surface area contributed by atoms with Crippen LogP contribution < -0.4 is 4.90 Å². The number of nitrogens with zero attached hydrogens (tertiary/aromatic N) is 5. The summed E-state index contributed by atoms with van der Waals surface area (Å²) in [6.45, 7) is 3.84. The monoisotopic (exact) mass is 245 g/mol. The summed E-state index contributed by atoms with van der Waals surface area (Å²) in [5, 5.41) is 16.1. The lowest BCUT2D eigenvalue weighted by molar-refractivity contribution is 0.368. The predicted octanol–water partition coefficient (Wildman–Crippen LogP) is 1.58. The van der Waals surface area contributed by atoms with Crippen molar-refractivity contribution in [3.63, 3.8) is 0 Å². The highest BCUT2D eigenvalue weighted by Crippen LogP contribution is 2.29. The van der Waals surface area contributed by atoms with Crippen molar-refractivity contribution >= 4 is 16.5 Å². The SMILES string of the molecule is Cc1csc(N2CC(n3cc(C#N)cn3)C2)n1. The molecule has 6 heteroatoms. The van der Waals surface area contributed by atoms with Gasteiger partial charge in [-0.25, -0.2) is 4.98 Å². The van der Waals surface area contributed by atoms with Crippen LogP contribution in [0.5, 0.6) is 0 Å². The van der Waals surface area contributed by atoms with E-state index in [9.17, 15) is 0 Å². The van der Waals surface area contributed by atoms with Crippen LogP contribution >= 0.6 is 11.3 Å². The van der Waals surface area contributed by atoms with Gasteiger partial charge in [-0.3, -0.25) is 4.68 Å². The van der Waals surface area contributed by atoms with Crippen molar-refractivity contribution in [2.24, 2.45) is 0 Å². The third-order valence-electron chi connectivity index (χ3n) is 2.84. The lowest BCUT2D eigenvalue weighted by Crippen LogP contribution is -2.48. The molecule has 86 valence electrons. The summed E-state index contributed by atoms with van der Waals surface area (Å²) in [4.78, 5) is 6.68. The minimum atomic E-state index is 0.362. The van der Waals surface area contributed by atoms with Gasteiger partial charge in [0.2, 0.25) is 0 Å². The quantitative estimate of drug-likeness (QED) is 0.806. The van der Waals surface area contributed by atoms with Gasteiger partial charge in [0.15, 0.2) is 5.13 Å². The maximum absolute atomic E-state index is 8.73. The van der Waals surface area contributed by atoms with Crippen LogP contribution in [0.3, 0.4) is 0 Å². The van der Waals surface area contributed by atoms with Gasteiger partial charge >= 0.3 is 0 Å². The number of hydrogen-bond acceptors (Lipinski definition) is 5. The molecule has 0 saturated carbocycles. The van der Waals surface area contributed by atoms with Gasteiger partial charge in [0.25, 0.3) is 0 Å². The number of anilines is 1. The molecule has 2 aromatic heterocycles. The summed E-state index contributed by atoms with van der Waals surface area (Å²) < 4.78 is 1.87. The Kier molecular flexibility index (Phi) is 2.34. The number of rotatable bonds is 2. The van der Waals surface area contributed by atoms with Crippen LogP contribution in [-0.2, 0) is 0 Å². The summed E-state index contributed by atoms with van der Waals surface area (Å²) in [6, 6.07) is 2.45. The van der Waals surface area contributed by atoms with Gasteiger partial charge in [0.1, 0.15) is 6.07 Å². The normalized spacial score (nSPS) is 15.6. The van der Waals surface area contributed by atoms with E-state index >= 15 is 0 Å². The molecule has 0 amide bonds. The van der Waals surface area contributed by atoms with Crippen molar-refractivity contribution in [2.45, 2.75) is 13.0 Å². The molecule has 3 rings (SSSR count). The number of aryl methyl sites for hydroxylation is 1. The molecule has 5 nitrogen and oxygen atoms in total. The Morgan fingerprint density at radius 2 is 2.35 bits per heavy atom. The minimum Gasteiger partial charge on any atom is -0.344 e. The van der Waals surface area contributed by atoms with Crippen molar-refractivity contribution in [2.75, 3.05) is 18.0 Å². The lowest BCUT2D eigenvalue weighted by Gasteiger charge is -2.38. The molecule has 2 aromatic rings. The number of aromatic nitrogens is 3. The molecule has 0 aromatic carbocycles. The molecule has 1 aliphatic rings. The van der Waals surface area contributed by atoms with E-state index in [0.29, 0.717) is 11.6 Å². The summed E-state index contributed by atoms with van der Waals surface area (Å²) >= 11 is 1.67. The molecule has 0 unspecified atom stereocenters. The van der Waals surface area contributed by atoms with Crippen molar-refractivity contribution < 1.29 is 0 Å². The summed E-state index contributed by atoms with van der Waals surface area (Å²) in [6.07, 6.45) is 3.41. The van der Waals surface area contributed by atoms with Gasteiger partial charge in [-0.15, -0.1) is 11.3 Å². The van der Waals surface area contributed by atoms with Gasteiger partial charge < -0.3 is 4.90 Å². The molecule has 0 atom stereocenters.